The molecule has 2 aliphatic rings. The molecule has 2 aromatic rings. The van der Waals surface area contributed by atoms with Gasteiger partial charge in [0, 0.05) is 31.6 Å². The van der Waals surface area contributed by atoms with E-state index in [9.17, 15) is 9.59 Å². The Morgan fingerprint density at radius 3 is 2.85 bits per heavy atom. The molecule has 4 rings (SSSR count). The minimum Gasteiger partial charge on any atom is -0.378 e. The number of nitrogens with zero attached hydrogens (tertiary/aromatic N) is 4. The van der Waals surface area contributed by atoms with E-state index in [4.69, 9.17) is 4.74 Å². The van der Waals surface area contributed by atoms with Gasteiger partial charge in [0.1, 0.15) is 5.82 Å². The maximum atomic E-state index is 12.3. The summed E-state index contributed by atoms with van der Waals surface area (Å²) in [7, 11) is 0. The number of thiazole rings is 1. The van der Waals surface area contributed by atoms with Crippen LogP contribution in [0, 0.1) is 0 Å². The van der Waals surface area contributed by atoms with Crippen LogP contribution in [0.25, 0.3) is 0 Å². The highest BCUT2D eigenvalue weighted by molar-refractivity contribution is 7.14. The summed E-state index contributed by atoms with van der Waals surface area (Å²) in [5.74, 6) is 0.711. The summed E-state index contributed by atoms with van der Waals surface area (Å²) in [6.07, 6.45) is 1.81. The van der Waals surface area contributed by atoms with Gasteiger partial charge < -0.3 is 20.3 Å². The number of hydrogen-bond acceptors (Lipinski definition) is 7. The molecule has 0 aromatic carbocycles. The molecule has 142 valence electrons. The van der Waals surface area contributed by atoms with Crippen molar-refractivity contribution in [1.29, 1.82) is 0 Å². The van der Waals surface area contributed by atoms with Crippen molar-refractivity contribution < 1.29 is 14.3 Å². The zero-order valence-electron chi connectivity index (χ0n) is 14.7. The van der Waals surface area contributed by atoms with E-state index in [2.05, 4.69) is 25.5 Å². The first-order chi connectivity index (χ1) is 13.2. The predicted octanol–water partition coefficient (Wildman–Crippen LogP) is 1.09. The molecular formula is C17H20N6O3S. The molecule has 0 aliphatic carbocycles. The van der Waals surface area contributed by atoms with Crippen molar-refractivity contribution in [3.05, 3.63) is 29.4 Å². The van der Waals surface area contributed by atoms with Gasteiger partial charge in [0.2, 0.25) is 5.91 Å². The second kappa shape index (κ2) is 7.89. The smallest absolute Gasteiger partial charge is 0.323 e. The number of carbonyl (C=O) groups excluding carboxylic acids is 2. The second-order valence-electron chi connectivity index (χ2n) is 6.23. The Labute approximate surface area is 160 Å². The first-order valence-corrected chi connectivity index (χ1v) is 9.65. The fourth-order valence-corrected chi connectivity index (χ4v) is 3.81. The van der Waals surface area contributed by atoms with Crippen LogP contribution in [-0.2, 0) is 16.0 Å². The average molecular weight is 388 g/mol. The quantitative estimate of drug-likeness (QED) is 0.795. The van der Waals surface area contributed by atoms with Crippen LogP contribution in [0.1, 0.15) is 5.69 Å². The highest BCUT2D eigenvalue weighted by atomic mass is 32.1. The third-order valence-electron chi connectivity index (χ3n) is 4.34. The molecule has 10 heteroatoms. The van der Waals surface area contributed by atoms with Crippen molar-refractivity contribution in [3.8, 4) is 0 Å². The summed E-state index contributed by atoms with van der Waals surface area (Å²) in [5.41, 5.74) is 1.29. The number of rotatable bonds is 5. The lowest BCUT2D eigenvalue weighted by atomic mass is 10.3. The first kappa shape index (κ1) is 17.7. The van der Waals surface area contributed by atoms with Crippen LogP contribution in [-0.4, -0.2) is 61.3 Å². The van der Waals surface area contributed by atoms with Crippen LogP contribution in [0.2, 0.25) is 0 Å². The molecule has 0 unspecified atom stereocenters. The number of amides is 3. The molecule has 4 heterocycles. The third-order valence-corrected chi connectivity index (χ3v) is 5.25. The van der Waals surface area contributed by atoms with Gasteiger partial charge in [-0.15, -0.1) is 11.3 Å². The number of pyridine rings is 1. The van der Waals surface area contributed by atoms with Gasteiger partial charge in [0.15, 0.2) is 5.13 Å². The van der Waals surface area contributed by atoms with Crippen LogP contribution in [0.3, 0.4) is 0 Å². The van der Waals surface area contributed by atoms with E-state index < -0.39 is 0 Å². The van der Waals surface area contributed by atoms with Gasteiger partial charge in [0.25, 0.3) is 0 Å². The number of anilines is 3. The third kappa shape index (κ3) is 4.17. The maximum absolute atomic E-state index is 12.3. The summed E-state index contributed by atoms with van der Waals surface area (Å²) in [4.78, 5) is 36.5. The summed E-state index contributed by atoms with van der Waals surface area (Å²) in [6, 6.07) is 3.59. The standard InChI is InChI=1S/C17H20N6O3S/c24-15(9-13-11-27-17(21-13)23-4-3-18-16(23)25)20-12-1-2-14(19-10-12)22-5-7-26-8-6-22/h1-2,10-11H,3-9H2,(H,18,25)(H,20,24). The minimum atomic E-state index is -0.168. The zero-order chi connectivity index (χ0) is 18.6. The molecule has 0 radical (unpaired) electrons. The number of morpholine rings is 1. The van der Waals surface area contributed by atoms with Gasteiger partial charge in [-0.3, -0.25) is 9.69 Å². The molecule has 0 spiro atoms. The van der Waals surface area contributed by atoms with E-state index in [0.717, 1.165) is 18.9 Å². The summed E-state index contributed by atoms with van der Waals surface area (Å²) in [6.45, 7) is 4.25. The Bertz CT molecular complexity index is 818. The van der Waals surface area contributed by atoms with Gasteiger partial charge in [-0.1, -0.05) is 0 Å². The molecule has 2 aromatic heterocycles. The number of aromatic nitrogens is 2. The summed E-state index contributed by atoms with van der Waals surface area (Å²) < 4.78 is 5.34. The number of nitrogens with one attached hydrogen (secondary N) is 2. The zero-order valence-corrected chi connectivity index (χ0v) is 15.5. The highest BCUT2D eigenvalue weighted by Crippen LogP contribution is 2.22. The van der Waals surface area contributed by atoms with Gasteiger partial charge in [-0.05, 0) is 12.1 Å². The van der Waals surface area contributed by atoms with Gasteiger partial charge in [-0.2, -0.15) is 0 Å². The molecule has 0 bridgehead atoms. The predicted molar refractivity (Wildman–Crippen MR) is 102 cm³/mol. The lowest BCUT2D eigenvalue weighted by molar-refractivity contribution is -0.115. The van der Waals surface area contributed by atoms with E-state index in [1.165, 1.54) is 11.3 Å². The molecule has 3 amide bonds. The van der Waals surface area contributed by atoms with Crippen LogP contribution in [0.5, 0.6) is 0 Å². The van der Waals surface area contributed by atoms with E-state index in [-0.39, 0.29) is 18.4 Å². The van der Waals surface area contributed by atoms with E-state index in [1.807, 2.05) is 12.1 Å². The fraction of sp³-hybridized carbons (Fsp3) is 0.412. The van der Waals surface area contributed by atoms with Gasteiger partial charge >= 0.3 is 6.03 Å². The number of urea groups is 1. The van der Waals surface area contributed by atoms with E-state index in [1.54, 1.807) is 16.5 Å². The molecular weight excluding hydrogens is 368 g/mol. The Morgan fingerprint density at radius 1 is 1.30 bits per heavy atom. The molecule has 2 aliphatic heterocycles. The van der Waals surface area contributed by atoms with Crippen molar-refractivity contribution in [1.82, 2.24) is 15.3 Å². The second-order valence-corrected chi connectivity index (χ2v) is 7.07. The fourth-order valence-electron chi connectivity index (χ4n) is 2.96. The monoisotopic (exact) mass is 388 g/mol. The lowest BCUT2D eigenvalue weighted by Crippen LogP contribution is -2.36. The average Bonchev–Trinajstić information content (AvgIpc) is 3.31. The molecule has 2 saturated heterocycles. The Morgan fingerprint density at radius 2 is 2.15 bits per heavy atom. The topological polar surface area (TPSA) is 99.7 Å². The van der Waals surface area contributed by atoms with E-state index >= 15 is 0 Å². The van der Waals surface area contributed by atoms with E-state index in [0.29, 0.717) is 42.8 Å². The Hall–Kier alpha value is -2.72. The van der Waals surface area contributed by atoms with Crippen molar-refractivity contribution in [2.24, 2.45) is 0 Å². The van der Waals surface area contributed by atoms with Crippen molar-refractivity contribution in [2.45, 2.75) is 6.42 Å². The molecule has 9 nitrogen and oxygen atoms in total. The van der Waals surface area contributed by atoms with Crippen LogP contribution >= 0.6 is 11.3 Å². The van der Waals surface area contributed by atoms with Gasteiger partial charge in [-0.25, -0.2) is 14.8 Å². The molecule has 27 heavy (non-hydrogen) atoms. The van der Waals surface area contributed by atoms with Crippen LogP contribution < -0.4 is 20.4 Å². The van der Waals surface area contributed by atoms with Crippen molar-refractivity contribution >= 4 is 39.9 Å². The summed E-state index contributed by atoms with van der Waals surface area (Å²) in [5, 5.41) is 7.99. The van der Waals surface area contributed by atoms with Crippen LogP contribution in [0.15, 0.2) is 23.7 Å². The normalized spacial score (nSPS) is 17.1. The lowest BCUT2D eigenvalue weighted by Gasteiger charge is -2.27. The number of carbonyl (C=O) groups is 2. The Balaban J connectivity index is 1.32. The Kier molecular flexibility index (Phi) is 5.16. The highest BCUT2D eigenvalue weighted by Gasteiger charge is 2.24. The summed E-state index contributed by atoms with van der Waals surface area (Å²) >= 11 is 1.36. The minimum absolute atomic E-state index is 0.146. The maximum Gasteiger partial charge on any atom is 0.323 e. The van der Waals surface area contributed by atoms with Crippen LogP contribution in [0.4, 0.5) is 21.4 Å². The largest absolute Gasteiger partial charge is 0.378 e. The number of ether oxygens (including phenoxy) is 1. The molecule has 2 N–H and O–H groups in total. The molecule has 0 atom stereocenters. The molecule has 2 fully saturated rings. The first-order valence-electron chi connectivity index (χ1n) is 8.77. The number of hydrogen-bond donors (Lipinski definition) is 2. The van der Waals surface area contributed by atoms with Crippen molar-refractivity contribution in [2.75, 3.05) is 54.5 Å². The SMILES string of the molecule is O=C(Cc1csc(N2CCNC2=O)n1)Nc1ccc(N2CCOCC2)nc1. The van der Waals surface area contributed by atoms with Crippen molar-refractivity contribution in [3.63, 3.8) is 0 Å². The van der Waals surface area contributed by atoms with Gasteiger partial charge in [0.05, 0.1) is 37.2 Å². The molecule has 0 saturated carbocycles.